The van der Waals surface area contributed by atoms with Crippen molar-refractivity contribution in [2.24, 2.45) is 5.92 Å². The van der Waals surface area contributed by atoms with E-state index in [-0.39, 0.29) is 0 Å². The molecule has 0 unspecified atom stereocenters. The molecule has 3 atom stereocenters. The molecule has 0 spiro atoms. The maximum atomic E-state index is 8.97. The number of hydrogen-bond acceptors (Lipinski definition) is 4. The van der Waals surface area contributed by atoms with Gasteiger partial charge in [0.05, 0.1) is 18.2 Å². The zero-order chi connectivity index (χ0) is 17.4. The van der Waals surface area contributed by atoms with Crippen LogP contribution in [-0.4, -0.2) is 43.3 Å². The summed E-state index contributed by atoms with van der Waals surface area (Å²) in [7, 11) is 4.27. The minimum atomic E-state index is 0.406. The monoisotopic (exact) mass is 333 g/mol. The summed E-state index contributed by atoms with van der Waals surface area (Å²) in [5.41, 5.74) is 4.40. The number of likely N-dealkylation sites (tertiary alicyclic amines) is 1. The van der Waals surface area contributed by atoms with Gasteiger partial charge in [-0.05, 0) is 48.4 Å². The number of fused-ring (bicyclic) bond motifs is 1. The molecule has 2 aliphatic heterocycles. The zero-order valence-corrected chi connectivity index (χ0v) is 14.7. The maximum Gasteiger partial charge on any atom is 0.0991 e. The molecule has 2 fully saturated rings. The molecule has 0 bridgehead atoms. The second-order valence-corrected chi connectivity index (χ2v) is 7.18. The van der Waals surface area contributed by atoms with E-state index in [9.17, 15) is 0 Å². The summed E-state index contributed by atoms with van der Waals surface area (Å²) in [4.78, 5) is 8.19. The van der Waals surface area contributed by atoms with E-state index in [1.807, 2.05) is 24.3 Å². The van der Waals surface area contributed by atoms with Crippen molar-refractivity contribution in [2.45, 2.75) is 18.5 Å². The van der Waals surface area contributed by atoms with Gasteiger partial charge in [0.2, 0.25) is 0 Å². The highest BCUT2D eigenvalue weighted by molar-refractivity contribution is 5.65. The highest BCUT2D eigenvalue weighted by Crippen LogP contribution is 2.38. The van der Waals surface area contributed by atoms with Gasteiger partial charge in [-0.1, -0.05) is 30.3 Å². The lowest BCUT2D eigenvalue weighted by Crippen LogP contribution is -2.45. The fourth-order valence-electron chi connectivity index (χ4n) is 4.19. The van der Waals surface area contributed by atoms with Crippen LogP contribution in [0.25, 0.3) is 11.1 Å². The normalized spacial score (nSPS) is 27.0. The van der Waals surface area contributed by atoms with E-state index < -0.39 is 0 Å². The van der Waals surface area contributed by atoms with Crippen LogP contribution < -0.4 is 0 Å². The van der Waals surface area contributed by atoms with E-state index in [0.29, 0.717) is 23.6 Å². The van der Waals surface area contributed by atoms with Crippen LogP contribution >= 0.6 is 0 Å². The number of benzene rings is 2. The number of rotatable bonds is 2. The van der Waals surface area contributed by atoms with Crippen molar-refractivity contribution in [1.29, 1.82) is 5.26 Å². The van der Waals surface area contributed by atoms with Gasteiger partial charge in [0.25, 0.3) is 0 Å². The first-order chi connectivity index (χ1) is 12.2. The molecule has 2 saturated heterocycles. The van der Waals surface area contributed by atoms with E-state index in [1.54, 1.807) is 0 Å². The molecular formula is C21H23N3O. The Balaban J connectivity index is 1.61. The number of piperidine rings is 1. The Labute approximate surface area is 149 Å². The lowest BCUT2D eigenvalue weighted by molar-refractivity contribution is -0.114. The largest absolute Gasteiger partial charge is 0.299 e. The molecule has 25 heavy (non-hydrogen) atoms. The number of hydrogen-bond donors (Lipinski definition) is 0. The smallest absolute Gasteiger partial charge is 0.0991 e. The minimum absolute atomic E-state index is 0.406. The predicted molar refractivity (Wildman–Crippen MR) is 97.6 cm³/mol. The van der Waals surface area contributed by atoms with Crippen molar-refractivity contribution in [2.75, 3.05) is 27.2 Å². The SMILES string of the molecule is CN1C[C@H]2CON(C)[C@H]2C[C@H]1c1cccc(-c2ccc(C#N)cc2)c1. The summed E-state index contributed by atoms with van der Waals surface area (Å²) in [6.45, 7) is 1.91. The van der Waals surface area contributed by atoms with Crippen LogP contribution in [0.3, 0.4) is 0 Å². The summed E-state index contributed by atoms with van der Waals surface area (Å²) in [6, 6.07) is 19.7. The second kappa shape index (κ2) is 6.61. The lowest BCUT2D eigenvalue weighted by Gasteiger charge is -2.40. The standard InChI is InChI=1S/C21H23N3O/c1-23-13-19-14-25-24(2)21(19)11-20(23)18-5-3-4-17(10-18)16-8-6-15(12-22)7-9-16/h3-10,19-21H,11,13-14H2,1-2H3/t19-,20-,21-/m0/s1. The van der Waals surface area contributed by atoms with Crippen molar-refractivity contribution in [3.05, 3.63) is 59.7 Å². The molecule has 4 rings (SSSR count). The molecule has 2 aliphatic rings. The van der Waals surface area contributed by atoms with Crippen LogP contribution in [0, 0.1) is 17.2 Å². The van der Waals surface area contributed by atoms with Gasteiger partial charge in [-0.15, -0.1) is 0 Å². The lowest BCUT2D eigenvalue weighted by atomic mass is 9.85. The van der Waals surface area contributed by atoms with E-state index in [1.165, 1.54) is 11.1 Å². The van der Waals surface area contributed by atoms with Crippen molar-refractivity contribution in [1.82, 2.24) is 9.96 Å². The van der Waals surface area contributed by atoms with Crippen molar-refractivity contribution in [3.63, 3.8) is 0 Å². The van der Waals surface area contributed by atoms with Gasteiger partial charge < -0.3 is 0 Å². The fourth-order valence-corrected chi connectivity index (χ4v) is 4.19. The zero-order valence-electron chi connectivity index (χ0n) is 14.7. The van der Waals surface area contributed by atoms with Crippen LogP contribution in [-0.2, 0) is 4.84 Å². The van der Waals surface area contributed by atoms with Crippen LogP contribution in [0.4, 0.5) is 0 Å². The Morgan fingerprint density at radius 1 is 1.08 bits per heavy atom. The van der Waals surface area contributed by atoms with E-state index in [2.05, 4.69) is 54.4 Å². The first-order valence-corrected chi connectivity index (χ1v) is 8.82. The van der Waals surface area contributed by atoms with E-state index in [0.717, 1.165) is 25.1 Å². The topological polar surface area (TPSA) is 39.5 Å². The van der Waals surface area contributed by atoms with Crippen LogP contribution in [0.15, 0.2) is 48.5 Å². The Morgan fingerprint density at radius 2 is 1.88 bits per heavy atom. The molecule has 0 radical (unpaired) electrons. The highest BCUT2D eigenvalue weighted by atomic mass is 16.7. The average Bonchev–Trinajstić information content (AvgIpc) is 3.01. The van der Waals surface area contributed by atoms with Gasteiger partial charge in [-0.3, -0.25) is 9.74 Å². The molecular weight excluding hydrogens is 310 g/mol. The maximum absolute atomic E-state index is 8.97. The van der Waals surface area contributed by atoms with Crippen LogP contribution in [0.1, 0.15) is 23.6 Å². The summed E-state index contributed by atoms with van der Waals surface area (Å²) >= 11 is 0. The third-order valence-electron chi connectivity index (χ3n) is 5.64. The number of nitrogens with zero attached hydrogens (tertiary/aromatic N) is 3. The highest BCUT2D eigenvalue weighted by Gasteiger charge is 2.41. The van der Waals surface area contributed by atoms with Crippen molar-refractivity contribution >= 4 is 0 Å². The second-order valence-electron chi connectivity index (χ2n) is 7.18. The van der Waals surface area contributed by atoms with Crippen molar-refractivity contribution < 1.29 is 4.84 Å². The fraction of sp³-hybridized carbons (Fsp3) is 0.381. The Hall–Kier alpha value is -2.19. The number of nitriles is 1. The summed E-state index contributed by atoms with van der Waals surface area (Å²) < 4.78 is 0. The van der Waals surface area contributed by atoms with Gasteiger partial charge in [0.1, 0.15) is 0 Å². The number of hydroxylamine groups is 2. The molecule has 0 aromatic heterocycles. The molecule has 2 heterocycles. The molecule has 2 aromatic rings. The molecule has 0 N–H and O–H groups in total. The minimum Gasteiger partial charge on any atom is -0.299 e. The Bertz CT molecular complexity index is 796. The Kier molecular flexibility index (Phi) is 4.30. The quantitative estimate of drug-likeness (QED) is 0.844. The summed E-state index contributed by atoms with van der Waals surface area (Å²) in [5, 5.41) is 11.0. The third-order valence-corrected chi connectivity index (χ3v) is 5.64. The molecule has 2 aromatic carbocycles. The third kappa shape index (κ3) is 3.07. The van der Waals surface area contributed by atoms with Gasteiger partial charge in [0.15, 0.2) is 0 Å². The predicted octanol–water partition coefficient (Wildman–Crippen LogP) is 3.46. The van der Waals surface area contributed by atoms with Crippen molar-refractivity contribution in [3.8, 4) is 17.2 Å². The van der Waals surface area contributed by atoms with Gasteiger partial charge >= 0.3 is 0 Å². The van der Waals surface area contributed by atoms with Gasteiger partial charge in [-0.2, -0.15) is 10.3 Å². The van der Waals surface area contributed by atoms with E-state index >= 15 is 0 Å². The molecule has 0 aliphatic carbocycles. The van der Waals surface area contributed by atoms with Crippen LogP contribution in [0.2, 0.25) is 0 Å². The first-order valence-electron chi connectivity index (χ1n) is 8.82. The Morgan fingerprint density at radius 3 is 2.64 bits per heavy atom. The molecule has 4 heteroatoms. The molecule has 0 amide bonds. The van der Waals surface area contributed by atoms with Gasteiger partial charge in [-0.25, -0.2) is 0 Å². The molecule has 4 nitrogen and oxygen atoms in total. The summed E-state index contributed by atoms with van der Waals surface area (Å²) in [6.07, 6.45) is 1.09. The van der Waals surface area contributed by atoms with E-state index in [4.69, 9.17) is 10.1 Å². The molecule has 128 valence electrons. The van der Waals surface area contributed by atoms with Gasteiger partial charge in [0, 0.05) is 31.6 Å². The average molecular weight is 333 g/mol. The van der Waals surface area contributed by atoms with Crippen LogP contribution in [0.5, 0.6) is 0 Å². The first kappa shape index (κ1) is 16.3. The summed E-state index contributed by atoms with van der Waals surface area (Å²) in [5.74, 6) is 0.605. The molecule has 0 saturated carbocycles.